The molecule has 234 valence electrons. The number of pyridine rings is 2. The van der Waals surface area contributed by atoms with Gasteiger partial charge in [0.15, 0.2) is 5.82 Å². The quantitative estimate of drug-likeness (QED) is 0.296. The van der Waals surface area contributed by atoms with Crippen molar-refractivity contribution in [2.45, 2.75) is 50.7 Å². The van der Waals surface area contributed by atoms with E-state index >= 15 is 0 Å². The summed E-state index contributed by atoms with van der Waals surface area (Å²) in [5.41, 5.74) is 13.6. The lowest BCUT2D eigenvalue weighted by Crippen LogP contribution is -2.41. The second-order valence-electron chi connectivity index (χ2n) is 13.4. The van der Waals surface area contributed by atoms with Crippen LogP contribution in [0.3, 0.4) is 0 Å². The lowest BCUT2D eigenvalue weighted by atomic mass is 10.0. The molecule has 0 spiro atoms. The Kier molecular flexibility index (Phi) is 6.06. The Balaban J connectivity index is 1.14. The summed E-state index contributed by atoms with van der Waals surface area (Å²) >= 11 is 0. The summed E-state index contributed by atoms with van der Waals surface area (Å²) in [6.07, 6.45) is 6.94. The van der Waals surface area contributed by atoms with Gasteiger partial charge >= 0.3 is 0 Å². The van der Waals surface area contributed by atoms with Crippen LogP contribution in [0.2, 0.25) is 0 Å². The number of fused-ring (bicyclic) bond motifs is 5. The van der Waals surface area contributed by atoms with Crippen molar-refractivity contribution in [1.29, 1.82) is 0 Å². The molecule has 4 aromatic heterocycles. The fourth-order valence-electron chi connectivity index (χ4n) is 7.92. The molecule has 1 saturated heterocycles. The van der Waals surface area contributed by atoms with Crippen molar-refractivity contribution in [2.24, 2.45) is 24.6 Å². The van der Waals surface area contributed by atoms with Gasteiger partial charge in [0.25, 0.3) is 11.8 Å². The minimum absolute atomic E-state index is 0.00748. The Morgan fingerprint density at radius 2 is 1.98 bits per heavy atom. The summed E-state index contributed by atoms with van der Waals surface area (Å²) in [6.45, 7) is 2.17. The molecule has 2 bridgehead atoms. The highest BCUT2D eigenvalue weighted by molar-refractivity contribution is 6.00. The number of rotatable bonds is 6. The van der Waals surface area contributed by atoms with Crippen molar-refractivity contribution in [3.8, 4) is 28.5 Å². The number of likely N-dealkylation sites (tertiary alicyclic amines) is 1. The topological polar surface area (TPSA) is 133 Å². The van der Waals surface area contributed by atoms with Gasteiger partial charge in [-0.1, -0.05) is 0 Å². The zero-order valence-electron chi connectivity index (χ0n) is 26.0. The second kappa shape index (κ2) is 10.1. The summed E-state index contributed by atoms with van der Waals surface area (Å²) < 4.78 is 10.2. The van der Waals surface area contributed by atoms with E-state index in [0.29, 0.717) is 41.9 Å². The van der Waals surface area contributed by atoms with Crippen LogP contribution in [0.25, 0.3) is 44.8 Å². The molecule has 3 N–H and O–H groups in total. The maximum atomic E-state index is 13.7. The van der Waals surface area contributed by atoms with E-state index < -0.39 is 0 Å². The van der Waals surface area contributed by atoms with E-state index in [0.717, 1.165) is 76.2 Å². The number of piperidine rings is 1. The Labute approximate surface area is 265 Å². The molecule has 2 unspecified atom stereocenters. The Bertz CT molecular complexity index is 2090. The van der Waals surface area contributed by atoms with Crippen LogP contribution in [-0.4, -0.2) is 73.1 Å². The fraction of sp³-hybridized carbons (Fsp3) is 0.400. The molecule has 2 saturated carbocycles. The van der Waals surface area contributed by atoms with Gasteiger partial charge in [-0.25, -0.2) is 9.97 Å². The first-order valence-electron chi connectivity index (χ1n) is 16.3. The summed E-state index contributed by atoms with van der Waals surface area (Å²) in [5.74, 6) is 2.26. The Hall–Kier alpha value is -4.77. The van der Waals surface area contributed by atoms with Crippen molar-refractivity contribution >= 4 is 33.9 Å². The van der Waals surface area contributed by atoms with E-state index in [4.69, 9.17) is 20.4 Å². The third kappa shape index (κ3) is 4.17. The van der Waals surface area contributed by atoms with Gasteiger partial charge in [-0.3, -0.25) is 14.6 Å². The predicted octanol–water partition coefficient (Wildman–Crippen LogP) is 3.92. The van der Waals surface area contributed by atoms with Gasteiger partial charge in [-0.05, 0) is 85.9 Å². The fourth-order valence-corrected chi connectivity index (χ4v) is 7.92. The number of nitrogens with one attached hydrogen (secondary N) is 1. The van der Waals surface area contributed by atoms with Crippen LogP contribution in [0, 0.1) is 11.8 Å². The molecule has 2 amide bonds. The average Bonchev–Trinajstić information content (AvgIpc) is 3.47. The largest absolute Gasteiger partial charge is 0.494 e. The molecule has 0 radical (unpaired) electrons. The maximum absolute atomic E-state index is 13.7. The van der Waals surface area contributed by atoms with Crippen molar-refractivity contribution in [3.63, 3.8) is 0 Å². The van der Waals surface area contributed by atoms with E-state index in [-0.39, 0.29) is 23.9 Å². The number of nitrogens with two attached hydrogens (primary N) is 1. The molecular formula is C35H36N8O3. The first kappa shape index (κ1) is 27.5. The van der Waals surface area contributed by atoms with Crippen LogP contribution in [0.4, 0.5) is 0 Å². The first-order chi connectivity index (χ1) is 22.4. The van der Waals surface area contributed by atoms with Crippen LogP contribution in [0.15, 0.2) is 42.6 Å². The van der Waals surface area contributed by atoms with Gasteiger partial charge in [0.1, 0.15) is 22.6 Å². The van der Waals surface area contributed by atoms with E-state index in [1.807, 2.05) is 36.2 Å². The highest BCUT2D eigenvalue weighted by Crippen LogP contribution is 2.40. The number of hydrogen-bond donors (Lipinski definition) is 2. The number of methoxy groups -OCH3 is 1. The monoisotopic (exact) mass is 616 g/mol. The predicted molar refractivity (Wildman–Crippen MR) is 174 cm³/mol. The summed E-state index contributed by atoms with van der Waals surface area (Å²) in [7, 11) is 3.64. The Morgan fingerprint density at radius 1 is 1.11 bits per heavy atom. The van der Waals surface area contributed by atoms with E-state index in [9.17, 15) is 9.59 Å². The molecule has 4 aliphatic rings. The molecule has 3 atom stereocenters. The zero-order chi connectivity index (χ0) is 31.3. The van der Waals surface area contributed by atoms with Crippen LogP contribution in [0.5, 0.6) is 5.75 Å². The minimum Gasteiger partial charge on any atom is -0.494 e. The minimum atomic E-state index is -0.123. The van der Waals surface area contributed by atoms with Crippen LogP contribution in [0.1, 0.15) is 52.1 Å². The third-order valence-electron chi connectivity index (χ3n) is 10.6. The number of aromatic nitrogens is 5. The molecular weight excluding hydrogens is 580 g/mol. The number of aryl methyl sites for hydroxylation is 1. The molecule has 6 heterocycles. The molecule has 11 heteroatoms. The van der Waals surface area contributed by atoms with E-state index in [1.54, 1.807) is 13.3 Å². The van der Waals surface area contributed by atoms with Gasteiger partial charge in [-0.2, -0.15) is 0 Å². The smallest absolute Gasteiger partial charge is 0.270 e. The highest BCUT2D eigenvalue weighted by Gasteiger charge is 2.47. The lowest BCUT2D eigenvalue weighted by molar-refractivity contribution is 0.0700. The number of amides is 2. The van der Waals surface area contributed by atoms with Crippen molar-refractivity contribution in [1.82, 2.24) is 34.3 Å². The lowest BCUT2D eigenvalue weighted by Gasteiger charge is -2.27. The van der Waals surface area contributed by atoms with Gasteiger partial charge in [-0.15, -0.1) is 0 Å². The van der Waals surface area contributed by atoms with Crippen LogP contribution >= 0.6 is 0 Å². The van der Waals surface area contributed by atoms with Crippen LogP contribution in [-0.2, 0) is 20.0 Å². The number of hydrogen-bond acceptors (Lipinski definition) is 7. The zero-order valence-corrected chi connectivity index (χ0v) is 26.0. The molecule has 1 aromatic carbocycles. The van der Waals surface area contributed by atoms with Crippen molar-refractivity contribution in [2.75, 3.05) is 20.2 Å². The average molecular weight is 617 g/mol. The summed E-state index contributed by atoms with van der Waals surface area (Å²) in [4.78, 5) is 42.7. The van der Waals surface area contributed by atoms with Gasteiger partial charge in [0.05, 0.1) is 24.0 Å². The number of benzene rings is 1. The number of nitrogens with zero attached hydrogens (tertiary/aromatic N) is 6. The molecule has 9 rings (SSSR count). The molecule has 2 aliphatic carbocycles. The third-order valence-corrected chi connectivity index (χ3v) is 10.6. The number of ether oxygens (including phenoxy) is 1. The van der Waals surface area contributed by atoms with E-state index in [2.05, 4.69) is 31.6 Å². The standard InChI is InChI=1S/C35H36N8O3/c1-41-31-25(12-22(14-28(31)46-2)35(45)43-17-21-6-8-26(43)29(21)36)40-33(41)27-13-20-5-7-24(39-32(20)42(27)16-18-3-4-18)23-11-19-9-10-37-34(44)30(19)38-15-23/h5,7,11-15,18,21,26,29H,3-4,6,8-10,16-17,36H2,1-2H3,(H,37,44)/t21?,26?,29-/m1/s1. The van der Waals surface area contributed by atoms with Crippen molar-refractivity contribution < 1.29 is 14.3 Å². The molecule has 46 heavy (non-hydrogen) atoms. The SMILES string of the molecule is COc1cc(C(=O)N2CC3CCC2[C@@H]3N)cc2nc(-c3cc4ccc(-c5cnc6c(c5)CCNC6=O)nc4n3CC3CC3)n(C)c12. The summed E-state index contributed by atoms with van der Waals surface area (Å²) in [5, 5.41) is 3.89. The van der Waals surface area contributed by atoms with Crippen molar-refractivity contribution in [3.05, 3.63) is 59.4 Å². The Morgan fingerprint density at radius 3 is 2.74 bits per heavy atom. The molecule has 3 fully saturated rings. The van der Waals surface area contributed by atoms with Gasteiger partial charge in [0.2, 0.25) is 0 Å². The normalized spacial score (nSPS) is 22.1. The molecule has 11 nitrogen and oxygen atoms in total. The van der Waals surface area contributed by atoms with Gasteiger partial charge in [0, 0.05) is 61.5 Å². The second-order valence-corrected chi connectivity index (χ2v) is 13.4. The van der Waals surface area contributed by atoms with E-state index in [1.165, 1.54) is 12.8 Å². The van der Waals surface area contributed by atoms with Crippen LogP contribution < -0.4 is 15.8 Å². The first-order valence-corrected chi connectivity index (χ1v) is 16.3. The summed E-state index contributed by atoms with van der Waals surface area (Å²) in [6, 6.07) is 12.2. The number of carbonyl (C=O) groups excluding carboxylic acids is 2. The number of imidazole rings is 1. The molecule has 2 aliphatic heterocycles. The highest BCUT2D eigenvalue weighted by atomic mass is 16.5. The maximum Gasteiger partial charge on any atom is 0.270 e. The molecule has 5 aromatic rings. The van der Waals surface area contributed by atoms with Gasteiger partial charge < -0.3 is 29.8 Å². The number of carbonyl (C=O) groups is 2.